The van der Waals surface area contributed by atoms with Crippen LogP contribution in [-0.2, 0) is 4.79 Å². The van der Waals surface area contributed by atoms with E-state index in [9.17, 15) is 20.1 Å². The van der Waals surface area contributed by atoms with Crippen LogP contribution >= 0.6 is 0 Å². The van der Waals surface area contributed by atoms with Crippen molar-refractivity contribution in [2.75, 3.05) is 0 Å². The minimum absolute atomic E-state index is 0. The zero-order chi connectivity index (χ0) is 21.1. The molecule has 4 rings (SSSR count). The van der Waals surface area contributed by atoms with Gasteiger partial charge in [-0.15, -0.1) is 0 Å². The summed E-state index contributed by atoms with van der Waals surface area (Å²) in [4.78, 5) is 11.3. The highest BCUT2D eigenvalue weighted by Gasteiger charge is 2.65. The minimum atomic E-state index is -0.369. The van der Waals surface area contributed by atoms with Crippen molar-refractivity contribution >= 4 is 5.91 Å². The summed E-state index contributed by atoms with van der Waals surface area (Å²) < 4.78 is 0. The van der Waals surface area contributed by atoms with E-state index in [1.807, 2.05) is 0 Å². The smallest absolute Gasteiger partial charge is 0.217 e. The van der Waals surface area contributed by atoms with E-state index >= 15 is 0 Å². The molecule has 0 aromatic carbocycles. The summed E-state index contributed by atoms with van der Waals surface area (Å²) in [7, 11) is 0. The predicted molar refractivity (Wildman–Crippen MR) is 119 cm³/mol. The molecule has 4 saturated carbocycles. The Bertz CT molecular complexity index is 646. The average Bonchev–Trinajstić information content (AvgIpc) is 3.01. The lowest BCUT2D eigenvalue weighted by molar-refractivity contribution is -0.207. The van der Waals surface area contributed by atoms with Gasteiger partial charge in [-0.05, 0) is 97.7 Å². The molecule has 0 unspecified atom stereocenters. The molecule has 182 valence electrons. The number of hydrogen-bond donors (Lipinski definition) is 4. The van der Waals surface area contributed by atoms with E-state index in [4.69, 9.17) is 5.73 Å². The Balaban J connectivity index is 0.00000171. The zero-order valence-electron chi connectivity index (χ0n) is 19.4. The van der Waals surface area contributed by atoms with Crippen molar-refractivity contribution in [2.24, 2.45) is 52.1 Å². The molecule has 7 heteroatoms. The molecule has 11 atom stereocenters. The van der Waals surface area contributed by atoms with Gasteiger partial charge < -0.3 is 32.0 Å². The van der Waals surface area contributed by atoms with Gasteiger partial charge in [0, 0.05) is 6.42 Å². The number of rotatable bonds is 4. The van der Waals surface area contributed by atoms with Crippen molar-refractivity contribution in [3.63, 3.8) is 0 Å². The highest BCUT2D eigenvalue weighted by molar-refractivity contribution is 5.73. The molecule has 0 radical (unpaired) electrons. The second-order valence-electron chi connectivity index (χ2n) is 11.5. The molecular weight excluding hydrogens is 398 g/mol. The van der Waals surface area contributed by atoms with Gasteiger partial charge in [0.05, 0.1) is 18.3 Å². The maximum absolute atomic E-state index is 11.5. The van der Waals surface area contributed by atoms with Crippen LogP contribution in [0.5, 0.6) is 0 Å². The number of hydrogen-bond acceptors (Lipinski definition) is 4. The number of aliphatic hydroxyl groups is 3. The predicted octanol–water partition coefficient (Wildman–Crippen LogP) is 1.20. The van der Waals surface area contributed by atoms with E-state index in [0.717, 1.165) is 51.4 Å². The summed E-state index contributed by atoms with van der Waals surface area (Å²) in [6, 6.07) is 0. The Labute approximate surface area is 186 Å². The lowest BCUT2D eigenvalue weighted by Crippen LogP contribution is -2.62. The van der Waals surface area contributed by atoms with Crippen LogP contribution < -0.4 is 5.73 Å². The fourth-order valence-corrected chi connectivity index (χ4v) is 8.70. The van der Waals surface area contributed by atoms with Gasteiger partial charge in [-0.25, -0.2) is 0 Å². The van der Waals surface area contributed by atoms with Gasteiger partial charge >= 0.3 is 0 Å². The summed E-state index contributed by atoms with van der Waals surface area (Å²) >= 11 is 0. The molecule has 9 N–H and O–H groups in total. The van der Waals surface area contributed by atoms with Crippen LogP contribution in [0.2, 0.25) is 0 Å². The maximum Gasteiger partial charge on any atom is 0.217 e. The molecule has 0 spiro atoms. The minimum Gasteiger partial charge on any atom is -0.412 e. The molecule has 7 nitrogen and oxygen atoms in total. The van der Waals surface area contributed by atoms with E-state index in [0.29, 0.717) is 36.0 Å². The van der Waals surface area contributed by atoms with Crippen molar-refractivity contribution in [2.45, 2.75) is 96.9 Å². The molecule has 0 saturated heterocycles. The fraction of sp³-hybridized carbons (Fsp3) is 0.958. The number of aliphatic hydroxyl groups excluding tert-OH is 3. The van der Waals surface area contributed by atoms with E-state index < -0.39 is 0 Å². The van der Waals surface area contributed by atoms with Crippen molar-refractivity contribution in [1.82, 2.24) is 0 Å². The first-order chi connectivity index (χ1) is 13.6. The molecule has 0 aromatic heterocycles. The number of carbonyl (C=O) groups is 1. The zero-order valence-corrected chi connectivity index (χ0v) is 19.4. The van der Waals surface area contributed by atoms with E-state index in [-0.39, 0.29) is 51.9 Å². The van der Waals surface area contributed by atoms with Crippen molar-refractivity contribution in [3.8, 4) is 0 Å². The number of nitrogens with two attached hydrogens (primary N) is 1. The lowest BCUT2D eigenvalue weighted by atomic mass is 9.43. The van der Waals surface area contributed by atoms with Crippen molar-refractivity contribution < 1.29 is 31.1 Å². The number of amides is 1. The summed E-state index contributed by atoms with van der Waals surface area (Å²) in [5.74, 6) is 1.72. The van der Waals surface area contributed by atoms with Crippen molar-refractivity contribution in [1.29, 1.82) is 0 Å². The van der Waals surface area contributed by atoms with Gasteiger partial charge in [0.2, 0.25) is 5.91 Å². The first kappa shape index (κ1) is 26.5. The number of carbonyl (C=O) groups excluding carboxylic acids is 1. The monoisotopic (exact) mass is 443 g/mol. The second kappa shape index (κ2) is 9.26. The Morgan fingerprint density at radius 2 is 1.71 bits per heavy atom. The molecule has 0 aliphatic heterocycles. The van der Waals surface area contributed by atoms with Crippen LogP contribution in [0.15, 0.2) is 0 Å². The van der Waals surface area contributed by atoms with Crippen LogP contribution in [0.1, 0.15) is 78.6 Å². The molecule has 4 aliphatic rings. The van der Waals surface area contributed by atoms with Gasteiger partial charge in [0.1, 0.15) is 0 Å². The number of primary amides is 1. The number of fused-ring (bicyclic) bond motifs is 5. The summed E-state index contributed by atoms with van der Waals surface area (Å²) in [5.41, 5.74) is 5.30. The maximum atomic E-state index is 11.5. The third-order valence-electron chi connectivity index (χ3n) is 10.4. The lowest BCUT2D eigenvalue weighted by Gasteiger charge is -2.63. The molecule has 4 fully saturated rings. The van der Waals surface area contributed by atoms with Crippen LogP contribution in [0.3, 0.4) is 0 Å². The average molecular weight is 444 g/mol. The molecule has 0 aromatic rings. The van der Waals surface area contributed by atoms with Gasteiger partial charge in [-0.1, -0.05) is 20.8 Å². The standard InChI is InChI=1S/C24H41NO4.2H2O/c1-13(4-7-21(25)29)16-5-6-17-22-18(12-20(28)24(16,17)3)23(2)9-8-15(26)10-14(23)11-19(22)27;;/h13-20,22,26-28H,4-12H2,1-3H3,(H2,25,29);2*1H2/t13-,14+,15-,16-,17+,18+,19-,20+,22+,23+,24-;;/m1../s1. The Morgan fingerprint density at radius 3 is 2.35 bits per heavy atom. The summed E-state index contributed by atoms with van der Waals surface area (Å²) in [5, 5.41) is 33.0. The van der Waals surface area contributed by atoms with Crippen LogP contribution in [0.4, 0.5) is 0 Å². The highest BCUT2D eigenvalue weighted by atomic mass is 16.3. The molecule has 0 bridgehead atoms. The van der Waals surface area contributed by atoms with E-state index in [1.54, 1.807) is 0 Å². The first-order valence-corrected chi connectivity index (χ1v) is 11.9. The van der Waals surface area contributed by atoms with Crippen molar-refractivity contribution in [3.05, 3.63) is 0 Å². The van der Waals surface area contributed by atoms with E-state index in [1.165, 1.54) is 0 Å². The third kappa shape index (κ3) is 4.05. The Hall–Kier alpha value is -0.730. The quantitative estimate of drug-likeness (QED) is 0.512. The van der Waals surface area contributed by atoms with Crippen LogP contribution in [-0.4, -0.2) is 50.5 Å². The van der Waals surface area contributed by atoms with Crippen LogP contribution in [0.25, 0.3) is 0 Å². The summed E-state index contributed by atoms with van der Waals surface area (Å²) in [6.45, 7) is 6.82. The largest absolute Gasteiger partial charge is 0.412 e. The fourth-order valence-electron chi connectivity index (χ4n) is 8.70. The molecule has 31 heavy (non-hydrogen) atoms. The van der Waals surface area contributed by atoms with Gasteiger partial charge in [-0.3, -0.25) is 4.79 Å². The molecule has 4 aliphatic carbocycles. The van der Waals surface area contributed by atoms with Gasteiger partial charge in [0.25, 0.3) is 0 Å². The Kier molecular flexibility index (Phi) is 7.92. The van der Waals surface area contributed by atoms with E-state index in [2.05, 4.69) is 20.8 Å². The molecule has 0 heterocycles. The topological polar surface area (TPSA) is 167 Å². The van der Waals surface area contributed by atoms with Gasteiger partial charge in [0.15, 0.2) is 0 Å². The van der Waals surface area contributed by atoms with Crippen LogP contribution in [0, 0.1) is 46.3 Å². The first-order valence-electron chi connectivity index (χ1n) is 11.9. The third-order valence-corrected chi connectivity index (χ3v) is 10.4. The second-order valence-corrected chi connectivity index (χ2v) is 11.5. The van der Waals surface area contributed by atoms with Gasteiger partial charge in [-0.2, -0.15) is 0 Å². The normalized spacial score (nSPS) is 49.5. The Morgan fingerprint density at radius 1 is 1.03 bits per heavy atom. The highest BCUT2D eigenvalue weighted by Crippen LogP contribution is 2.68. The summed E-state index contributed by atoms with van der Waals surface area (Å²) in [6.07, 6.45) is 6.56. The molecule has 1 amide bonds. The molecular formula is C24H45NO6. The SMILES string of the molecule is C[C@H](CCC(N)=O)[C@H]1CC[C@H]2[C@@H]3[C@H](O)C[C@@H]4C[C@H](O)CC[C@]4(C)[C@H]3C[C@H](O)[C@]12C.O.O.